The van der Waals surface area contributed by atoms with Crippen molar-refractivity contribution in [1.29, 1.82) is 0 Å². The smallest absolute Gasteiger partial charge is 0.323 e. The first-order chi connectivity index (χ1) is 12.0. The molecular formula is C17H17ClN4O3. The minimum absolute atomic E-state index is 0.0601. The SMILES string of the molecule is O=C1CC2(CCN(C(=O)Nc3cc(-c4cccc(Cl)c4)on3)C2)CN1. The average Bonchev–Trinajstić information content (AvgIpc) is 3.29. The third-order valence-corrected chi connectivity index (χ3v) is 5.01. The first kappa shape index (κ1) is 16.0. The Labute approximate surface area is 149 Å². The summed E-state index contributed by atoms with van der Waals surface area (Å²) in [4.78, 5) is 25.6. The number of urea groups is 1. The summed E-state index contributed by atoms with van der Waals surface area (Å²) in [6.45, 7) is 1.83. The number of anilines is 1. The molecule has 1 aromatic carbocycles. The summed E-state index contributed by atoms with van der Waals surface area (Å²) in [6.07, 6.45) is 1.31. The maximum absolute atomic E-state index is 12.4. The van der Waals surface area contributed by atoms with Crippen molar-refractivity contribution in [3.8, 4) is 11.3 Å². The van der Waals surface area contributed by atoms with Crippen LogP contribution in [-0.4, -0.2) is 41.6 Å². The Morgan fingerprint density at radius 2 is 2.28 bits per heavy atom. The molecule has 8 heteroatoms. The Bertz CT molecular complexity index is 837. The number of hydrogen-bond acceptors (Lipinski definition) is 4. The van der Waals surface area contributed by atoms with Crippen molar-refractivity contribution in [3.63, 3.8) is 0 Å². The number of likely N-dealkylation sites (tertiary alicyclic amines) is 1. The third-order valence-electron chi connectivity index (χ3n) is 4.78. The lowest BCUT2D eigenvalue weighted by molar-refractivity contribution is -0.119. The van der Waals surface area contributed by atoms with Gasteiger partial charge in [-0.1, -0.05) is 28.9 Å². The lowest BCUT2D eigenvalue weighted by Crippen LogP contribution is -2.36. The van der Waals surface area contributed by atoms with Crippen molar-refractivity contribution in [2.24, 2.45) is 5.41 Å². The summed E-state index contributed by atoms with van der Waals surface area (Å²) in [5.41, 5.74) is 0.667. The summed E-state index contributed by atoms with van der Waals surface area (Å²) in [6, 6.07) is 8.64. The molecule has 2 aromatic rings. The van der Waals surface area contributed by atoms with Crippen LogP contribution in [0.15, 0.2) is 34.9 Å². The van der Waals surface area contributed by atoms with E-state index in [1.54, 1.807) is 23.1 Å². The highest BCUT2D eigenvalue weighted by Crippen LogP contribution is 2.36. The molecule has 1 spiro atoms. The van der Waals surface area contributed by atoms with Gasteiger partial charge in [-0.3, -0.25) is 10.1 Å². The monoisotopic (exact) mass is 360 g/mol. The first-order valence-corrected chi connectivity index (χ1v) is 8.46. The molecule has 1 aromatic heterocycles. The number of aromatic nitrogens is 1. The van der Waals surface area contributed by atoms with Gasteiger partial charge in [-0.05, 0) is 18.6 Å². The number of benzene rings is 1. The van der Waals surface area contributed by atoms with E-state index in [-0.39, 0.29) is 17.4 Å². The van der Waals surface area contributed by atoms with Gasteiger partial charge in [-0.15, -0.1) is 0 Å². The van der Waals surface area contributed by atoms with E-state index in [4.69, 9.17) is 16.1 Å². The molecule has 2 aliphatic heterocycles. The van der Waals surface area contributed by atoms with Crippen LogP contribution in [0.2, 0.25) is 5.02 Å². The van der Waals surface area contributed by atoms with Gasteiger partial charge in [0.1, 0.15) is 0 Å². The van der Waals surface area contributed by atoms with Gasteiger partial charge in [-0.25, -0.2) is 4.79 Å². The second-order valence-electron chi connectivity index (χ2n) is 6.64. The van der Waals surface area contributed by atoms with Crippen LogP contribution in [0.25, 0.3) is 11.3 Å². The van der Waals surface area contributed by atoms with Crippen molar-refractivity contribution in [3.05, 3.63) is 35.4 Å². The van der Waals surface area contributed by atoms with Crippen LogP contribution >= 0.6 is 11.6 Å². The van der Waals surface area contributed by atoms with Gasteiger partial charge in [0.2, 0.25) is 5.91 Å². The normalized spacial score (nSPS) is 22.4. The van der Waals surface area contributed by atoms with Gasteiger partial charge in [0.25, 0.3) is 0 Å². The Morgan fingerprint density at radius 3 is 3.04 bits per heavy atom. The van der Waals surface area contributed by atoms with E-state index in [9.17, 15) is 9.59 Å². The maximum Gasteiger partial charge on any atom is 0.323 e. The van der Waals surface area contributed by atoms with E-state index in [0.717, 1.165) is 12.0 Å². The van der Waals surface area contributed by atoms with Crippen LogP contribution in [0.5, 0.6) is 0 Å². The number of carbonyl (C=O) groups excluding carboxylic acids is 2. The molecule has 3 heterocycles. The Hall–Kier alpha value is -2.54. The zero-order chi connectivity index (χ0) is 17.4. The molecule has 25 heavy (non-hydrogen) atoms. The van der Waals surface area contributed by atoms with Crippen LogP contribution in [0.1, 0.15) is 12.8 Å². The lowest BCUT2D eigenvalue weighted by Gasteiger charge is -2.21. The summed E-state index contributed by atoms with van der Waals surface area (Å²) in [5.74, 6) is 0.938. The minimum atomic E-state index is -0.234. The molecule has 2 fully saturated rings. The molecule has 2 aliphatic rings. The van der Waals surface area contributed by atoms with E-state index in [0.29, 0.717) is 42.7 Å². The quantitative estimate of drug-likeness (QED) is 0.862. The highest BCUT2D eigenvalue weighted by atomic mass is 35.5. The van der Waals surface area contributed by atoms with Gasteiger partial charge in [-0.2, -0.15) is 0 Å². The van der Waals surface area contributed by atoms with Crippen LogP contribution in [0.3, 0.4) is 0 Å². The number of nitrogens with zero attached hydrogens (tertiary/aromatic N) is 2. The highest BCUT2D eigenvalue weighted by molar-refractivity contribution is 6.30. The standard InChI is InChI=1S/C17H17ClN4O3/c18-12-3-1-2-11(6-12)13-7-14(21-25-13)20-16(24)22-5-4-17(10-22)8-15(23)19-9-17/h1-3,6-7H,4-5,8-10H2,(H,19,23)(H,20,21,24). The Balaban J connectivity index is 1.41. The Kier molecular flexibility index (Phi) is 3.88. The molecule has 2 N–H and O–H groups in total. The van der Waals surface area contributed by atoms with Gasteiger partial charge < -0.3 is 14.7 Å². The number of hydrogen-bond donors (Lipinski definition) is 2. The molecule has 130 valence electrons. The predicted octanol–water partition coefficient (Wildman–Crippen LogP) is 2.74. The summed E-state index contributed by atoms with van der Waals surface area (Å²) >= 11 is 5.97. The second kappa shape index (κ2) is 6.07. The van der Waals surface area contributed by atoms with E-state index < -0.39 is 0 Å². The van der Waals surface area contributed by atoms with Crippen molar-refractivity contribution in [1.82, 2.24) is 15.4 Å². The van der Waals surface area contributed by atoms with E-state index >= 15 is 0 Å². The predicted molar refractivity (Wildman–Crippen MR) is 92.2 cm³/mol. The maximum atomic E-state index is 12.4. The molecule has 7 nitrogen and oxygen atoms in total. The lowest BCUT2D eigenvalue weighted by atomic mass is 9.86. The van der Waals surface area contributed by atoms with Crippen LogP contribution in [-0.2, 0) is 4.79 Å². The number of rotatable bonds is 2. The topological polar surface area (TPSA) is 87.5 Å². The first-order valence-electron chi connectivity index (χ1n) is 8.08. The Morgan fingerprint density at radius 1 is 1.40 bits per heavy atom. The van der Waals surface area contributed by atoms with E-state index in [1.807, 2.05) is 12.1 Å². The number of amides is 3. The molecular weight excluding hydrogens is 344 g/mol. The minimum Gasteiger partial charge on any atom is -0.355 e. The molecule has 1 unspecified atom stereocenters. The van der Waals surface area contributed by atoms with Gasteiger partial charge >= 0.3 is 6.03 Å². The molecule has 1 atom stereocenters. The molecule has 4 rings (SSSR count). The van der Waals surface area contributed by atoms with Gasteiger partial charge in [0.05, 0.1) is 0 Å². The van der Waals surface area contributed by atoms with Gasteiger partial charge in [0, 0.05) is 48.1 Å². The fraction of sp³-hybridized carbons (Fsp3) is 0.353. The number of halogens is 1. The third kappa shape index (κ3) is 3.19. The molecule has 0 bridgehead atoms. The summed E-state index contributed by atoms with van der Waals surface area (Å²) in [5, 5.41) is 10.1. The van der Waals surface area contributed by atoms with E-state index in [2.05, 4.69) is 15.8 Å². The highest BCUT2D eigenvalue weighted by Gasteiger charge is 2.45. The largest absolute Gasteiger partial charge is 0.355 e. The molecule has 0 saturated carbocycles. The molecule has 2 saturated heterocycles. The fourth-order valence-electron chi connectivity index (χ4n) is 3.45. The zero-order valence-electron chi connectivity index (χ0n) is 13.4. The molecule has 0 aliphatic carbocycles. The number of nitrogens with one attached hydrogen (secondary N) is 2. The fourth-order valence-corrected chi connectivity index (χ4v) is 3.64. The van der Waals surface area contributed by atoms with Crippen LogP contribution < -0.4 is 10.6 Å². The van der Waals surface area contributed by atoms with Crippen LogP contribution in [0, 0.1) is 5.41 Å². The average molecular weight is 361 g/mol. The van der Waals surface area contributed by atoms with Crippen LogP contribution in [0.4, 0.5) is 10.6 Å². The second-order valence-corrected chi connectivity index (χ2v) is 7.08. The van der Waals surface area contributed by atoms with Crippen molar-refractivity contribution < 1.29 is 14.1 Å². The van der Waals surface area contributed by atoms with Crippen molar-refractivity contribution >= 4 is 29.4 Å². The molecule has 0 radical (unpaired) electrons. The van der Waals surface area contributed by atoms with Crippen molar-refractivity contribution in [2.45, 2.75) is 12.8 Å². The van der Waals surface area contributed by atoms with E-state index in [1.165, 1.54) is 0 Å². The summed E-state index contributed by atoms with van der Waals surface area (Å²) < 4.78 is 5.28. The summed E-state index contributed by atoms with van der Waals surface area (Å²) in [7, 11) is 0. The zero-order valence-corrected chi connectivity index (χ0v) is 14.2. The molecule has 3 amide bonds. The number of carbonyl (C=O) groups is 2. The van der Waals surface area contributed by atoms with Crippen molar-refractivity contribution in [2.75, 3.05) is 25.0 Å². The van der Waals surface area contributed by atoms with Gasteiger partial charge in [0.15, 0.2) is 11.6 Å².